The van der Waals surface area contributed by atoms with Gasteiger partial charge in [0.2, 0.25) is 0 Å². The standard InChI is InChI=1S/C32H70N6O6Si2/c1-35(2)23-17-31(33-19-13-29-45(39-5,40-6)41-7)15-11-21-37-25-27-38(28-26-37)22-12-16-32(18-24-36(3)4)34-20-14-30-46(42-8,43-9)44-10/h25-28,31-34H,11-24,29-30H2,1-10H3. The summed E-state index contributed by atoms with van der Waals surface area (Å²) in [5.74, 6) is 0. The maximum atomic E-state index is 5.57. The van der Waals surface area contributed by atoms with E-state index in [0.29, 0.717) is 12.1 Å². The van der Waals surface area contributed by atoms with Crippen molar-refractivity contribution in [3.8, 4) is 0 Å². The van der Waals surface area contributed by atoms with E-state index in [1.807, 2.05) is 0 Å². The molecule has 46 heavy (non-hydrogen) atoms. The summed E-state index contributed by atoms with van der Waals surface area (Å²) in [5.41, 5.74) is 0. The lowest BCUT2D eigenvalue weighted by Gasteiger charge is -2.27. The molecule has 0 radical (unpaired) electrons. The van der Waals surface area contributed by atoms with Crippen LogP contribution in [0, 0.1) is 0 Å². The highest BCUT2D eigenvalue weighted by Gasteiger charge is 2.37. The van der Waals surface area contributed by atoms with Crippen molar-refractivity contribution < 1.29 is 26.6 Å². The Morgan fingerprint density at radius 1 is 0.522 bits per heavy atom. The Morgan fingerprint density at radius 3 is 1.13 bits per heavy atom. The minimum absolute atomic E-state index is 0.485. The number of hydrogen-bond acceptors (Lipinski definition) is 12. The van der Waals surface area contributed by atoms with Gasteiger partial charge in [-0.3, -0.25) is 0 Å². The molecule has 14 heteroatoms. The minimum atomic E-state index is -2.51. The number of nitrogens with zero attached hydrogens (tertiary/aromatic N) is 4. The molecular weight excluding hydrogens is 621 g/mol. The number of nitrogens with one attached hydrogen (secondary N) is 2. The zero-order valence-corrected chi connectivity index (χ0v) is 33.0. The molecule has 0 aliphatic carbocycles. The summed E-state index contributed by atoms with van der Waals surface area (Å²) < 4.78 is 33.4. The van der Waals surface area contributed by atoms with Crippen molar-refractivity contribution in [3.05, 3.63) is 24.8 Å². The fourth-order valence-electron chi connectivity index (χ4n) is 5.64. The van der Waals surface area contributed by atoms with Gasteiger partial charge in [0.05, 0.1) is 0 Å². The van der Waals surface area contributed by atoms with Crippen LogP contribution in [0.5, 0.6) is 0 Å². The van der Waals surface area contributed by atoms with Crippen molar-refractivity contribution in [2.24, 2.45) is 0 Å². The van der Waals surface area contributed by atoms with Crippen molar-refractivity contribution in [3.63, 3.8) is 0 Å². The van der Waals surface area contributed by atoms with Crippen LogP contribution in [0.1, 0.15) is 51.4 Å². The monoisotopic (exact) mass is 690 g/mol. The Hall–Kier alpha value is -0.886. The third-order valence-electron chi connectivity index (χ3n) is 8.74. The van der Waals surface area contributed by atoms with Gasteiger partial charge in [-0.25, -0.2) is 0 Å². The molecule has 1 aliphatic rings. The van der Waals surface area contributed by atoms with E-state index in [-0.39, 0.29) is 0 Å². The highest BCUT2D eigenvalue weighted by atomic mass is 28.4. The Labute approximate surface area is 284 Å². The second-order valence-electron chi connectivity index (χ2n) is 12.6. The van der Waals surface area contributed by atoms with Crippen LogP contribution in [0.3, 0.4) is 0 Å². The molecule has 2 N–H and O–H groups in total. The largest absolute Gasteiger partial charge is 0.500 e. The van der Waals surface area contributed by atoms with Gasteiger partial charge < -0.3 is 56.8 Å². The van der Waals surface area contributed by atoms with Gasteiger partial charge in [-0.2, -0.15) is 0 Å². The Kier molecular flexibility index (Phi) is 23.6. The summed E-state index contributed by atoms with van der Waals surface area (Å²) in [5, 5.41) is 7.57. The fourth-order valence-corrected chi connectivity index (χ4v) is 9.08. The Morgan fingerprint density at radius 2 is 0.848 bits per heavy atom. The predicted octanol–water partition coefficient (Wildman–Crippen LogP) is 3.46. The lowest BCUT2D eigenvalue weighted by Crippen LogP contribution is -2.43. The zero-order chi connectivity index (χ0) is 34.3. The van der Waals surface area contributed by atoms with E-state index in [4.69, 9.17) is 26.6 Å². The van der Waals surface area contributed by atoms with Crippen LogP contribution in [0.15, 0.2) is 24.8 Å². The van der Waals surface area contributed by atoms with E-state index in [0.717, 1.165) is 103 Å². The first-order valence-electron chi connectivity index (χ1n) is 17.1. The van der Waals surface area contributed by atoms with E-state index in [1.54, 1.807) is 42.7 Å². The lowest BCUT2D eigenvalue weighted by molar-refractivity contribution is 0.122. The molecule has 272 valence electrons. The summed E-state index contributed by atoms with van der Waals surface area (Å²) in [6.45, 7) is 6.06. The summed E-state index contributed by atoms with van der Waals surface area (Å²) in [4.78, 5) is 9.13. The normalized spacial score (nSPS) is 15.5. The van der Waals surface area contributed by atoms with E-state index in [2.05, 4.69) is 83.2 Å². The highest BCUT2D eigenvalue weighted by molar-refractivity contribution is 6.60. The third-order valence-corrected chi connectivity index (χ3v) is 14.4. The average Bonchev–Trinajstić information content (AvgIpc) is 3.06. The molecule has 0 fully saturated rings. The van der Waals surface area contributed by atoms with Crippen molar-refractivity contribution >= 4 is 17.6 Å². The average molecular weight is 691 g/mol. The molecule has 1 rings (SSSR count). The smallest absolute Gasteiger partial charge is 0.377 e. The molecule has 0 spiro atoms. The van der Waals surface area contributed by atoms with Crippen LogP contribution in [0.25, 0.3) is 0 Å². The predicted molar refractivity (Wildman–Crippen MR) is 192 cm³/mol. The van der Waals surface area contributed by atoms with Gasteiger partial charge in [-0.1, -0.05) is 0 Å². The molecule has 2 unspecified atom stereocenters. The first kappa shape index (κ1) is 43.1. The first-order chi connectivity index (χ1) is 22.1. The molecule has 0 bridgehead atoms. The Bertz CT molecular complexity index is 713. The molecule has 1 heterocycles. The Balaban J connectivity index is 2.44. The van der Waals surface area contributed by atoms with E-state index in [1.165, 1.54) is 0 Å². The van der Waals surface area contributed by atoms with Crippen molar-refractivity contribution in [2.75, 3.05) is 110 Å². The maximum Gasteiger partial charge on any atom is 0.500 e. The first-order valence-corrected chi connectivity index (χ1v) is 20.9. The summed E-state index contributed by atoms with van der Waals surface area (Å²) in [7, 11) is 13.6. The van der Waals surface area contributed by atoms with Gasteiger partial charge in [-0.05, 0) is 106 Å². The van der Waals surface area contributed by atoms with Crippen molar-refractivity contribution in [2.45, 2.75) is 75.5 Å². The molecule has 12 nitrogen and oxygen atoms in total. The third kappa shape index (κ3) is 18.0. The second-order valence-corrected chi connectivity index (χ2v) is 18.8. The lowest BCUT2D eigenvalue weighted by atomic mass is 10.1. The number of rotatable bonds is 30. The van der Waals surface area contributed by atoms with Crippen LogP contribution >= 0.6 is 0 Å². The quantitative estimate of drug-likeness (QED) is 0.0855. The van der Waals surface area contributed by atoms with Crippen LogP contribution in [-0.2, 0) is 26.6 Å². The molecular formula is C32H70N6O6Si2. The molecule has 0 amide bonds. The SMILES string of the molecule is CO[Si](CCCNC(CCCN1C=CN(CCCC(CCN(C)C)NCCC[Si](OC)(OC)OC)C=C1)CCN(C)C)(OC)OC. The molecule has 0 saturated carbocycles. The van der Waals surface area contributed by atoms with Crippen LogP contribution in [0.4, 0.5) is 0 Å². The van der Waals surface area contributed by atoms with Gasteiger partial charge in [0.25, 0.3) is 0 Å². The van der Waals surface area contributed by atoms with Crippen molar-refractivity contribution in [1.82, 2.24) is 30.2 Å². The topological polar surface area (TPSA) is 92.4 Å². The summed E-state index contributed by atoms with van der Waals surface area (Å²) >= 11 is 0. The highest BCUT2D eigenvalue weighted by Crippen LogP contribution is 2.17. The molecule has 0 aromatic rings. The molecule has 2 atom stereocenters. The van der Waals surface area contributed by atoms with Crippen LogP contribution in [-0.4, -0.2) is 159 Å². The van der Waals surface area contributed by atoms with Gasteiger partial charge in [-0.15, -0.1) is 0 Å². The van der Waals surface area contributed by atoms with Gasteiger partial charge in [0, 0.05) is 105 Å². The van der Waals surface area contributed by atoms with Crippen LogP contribution in [0.2, 0.25) is 12.1 Å². The summed E-state index contributed by atoms with van der Waals surface area (Å²) in [6, 6.07) is 2.60. The zero-order valence-electron chi connectivity index (χ0n) is 31.0. The molecule has 0 aromatic heterocycles. The molecule has 1 aliphatic heterocycles. The second kappa shape index (κ2) is 25.1. The number of hydrogen-bond donors (Lipinski definition) is 2. The van der Waals surface area contributed by atoms with Crippen LogP contribution < -0.4 is 10.6 Å². The molecule has 0 saturated heterocycles. The summed E-state index contributed by atoms with van der Waals surface area (Å²) in [6.07, 6.45) is 17.6. The fraction of sp³-hybridized carbons (Fsp3) is 0.875. The van der Waals surface area contributed by atoms with Gasteiger partial charge >= 0.3 is 17.6 Å². The van der Waals surface area contributed by atoms with Gasteiger partial charge in [0.15, 0.2) is 0 Å². The van der Waals surface area contributed by atoms with E-state index < -0.39 is 17.6 Å². The van der Waals surface area contributed by atoms with E-state index in [9.17, 15) is 0 Å². The van der Waals surface area contributed by atoms with E-state index >= 15 is 0 Å². The minimum Gasteiger partial charge on any atom is -0.377 e. The van der Waals surface area contributed by atoms with Gasteiger partial charge in [0.1, 0.15) is 0 Å². The maximum absolute atomic E-state index is 5.57. The molecule has 0 aromatic carbocycles. The van der Waals surface area contributed by atoms with Crippen molar-refractivity contribution in [1.29, 1.82) is 0 Å².